The summed E-state index contributed by atoms with van der Waals surface area (Å²) in [5.41, 5.74) is 0.992. The molecule has 0 aromatic heterocycles. The molecule has 2 aliphatic heterocycles. The number of hydrogen-bond donors (Lipinski definition) is 2. The van der Waals surface area contributed by atoms with Gasteiger partial charge < -0.3 is 20.4 Å². The molecule has 2 aliphatic rings. The molecule has 2 saturated heterocycles. The first-order valence-electron chi connectivity index (χ1n) is 9.37. The lowest BCUT2D eigenvalue weighted by atomic mass is 9.94. The molecule has 6 heteroatoms. The van der Waals surface area contributed by atoms with E-state index in [1.54, 1.807) is 12.1 Å². The summed E-state index contributed by atoms with van der Waals surface area (Å²) in [7, 11) is 0. The normalized spacial score (nSPS) is 25.0. The fourth-order valence-corrected chi connectivity index (χ4v) is 3.64. The van der Waals surface area contributed by atoms with Crippen molar-refractivity contribution in [3.63, 3.8) is 0 Å². The highest BCUT2D eigenvalue weighted by Gasteiger charge is 2.24. The maximum Gasteiger partial charge on any atom is 0.251 e. The molecule has 0 aliphatic carbocycles. The minimum Gasteiger partial charge on any atom is -0.367 e. The van der Waals surface area contributed by atoms with Crippen LogP contribution in [0.4, 0.5) is 10.1 Å². The van der Waals surface area contributed by atoms with E-state index in [0.717, 1.165) is 52.2 Å². The number of carbonyl (C=O) groups is 1. The van der Waals surface area contributed by atoms with Crippen molar-refractivity contribution < 1.29 is 9.18 Å². The smallest absolute Gasteiger partial charge is 0.251 e. The average molecular weight is 348 g/mol. The predicted molar refractivity (Wildman–Crippen MR) is 98.6 cm³/mol. The number of anilines is 1. The number of nitrogens with zero attached hydrogens (tertiary/aromatic N) is 2. The van der Waals surface area contributed by atoms with Gasteiger partial charge in [0.25, 0.3) is 5.91 Å². The highest BCUT2D eigenvalue weighted by molar-refractivity contribution is 5.94. The molecule has 2 unspecified atom stereocenters. The summed E-state index contributed by atoms with van der Waals surface area (Å²) >= 11 is 0. The summed E-state index contributed by atoms with van der Waals surface area (Å²) in [5.74, 6) is -0.0709. The molecule has 0 spiro atoms. The standard InChI is InChI=1S/C19H29FN4O/c1-3-23-8-10-24(11-9-23)18-5-4-15(12-16(18)20)19(25)22-17-13-21-7-6-14(17)2/h4-5,12,14,17,21H,3,6-11,13H2,1-2H3,(H,22,25). The highest BCUT2D eigenvalue weighted by Crippen LogP contribution is 2.22. The molecule has 3 rings (SSSR count). The van der Waals surface area contributed by atoms with Crippen molar-refractivity contribution in [1.29, 1.82) is 0 Å². The molecule has 1 aromatic rings. The third-order valence-electron chi connectivity index (χ3n) is 5.51. The van der Waals surface area contributed by atoms with Crippen LogP contribution < -0.4 is 15.5 Å². The fraction of sp³-hybridized carbons (Fsp3) is 0.632. The Bertz CT molecular complexity index is 601. The summed E-state index contributed by atoms with van der Waals surface area (Å²) < 4.78 is 14.6. The number of carbonyl (C=O) groups excluding carboxylic acids is 1. The van der Waals surface area contributed by atoms with Crippen molar-refractivity contribution in [3.8, 4) is 0 Å². The number of piperidine rings is 1. The molecule has 0 bridgehead atoms. The van der Waals surface area contributed by atoms with Gasteiger partial charge in [-0.2, -0.15) is 0 Å². The SMILES string of the molecule is CCN1CCN(c2ccc(C(=O)NC3CNCCC3C)cc2F)CC1. The first kappa shape index (κ1) is 18.1. The molecule has 0 saturated carbocycles. The van der Waals surface area contributed by atoms with Gasteiger partial charge in [-0.05, 0) is 43.6 Å². The molecule has 1 aromatic carbocycles. The highest BCUT2D eigenvalue weighted by atomic mass is 19.1. The van der Waals surface area contributed by atoms with E-state index in [1.165, 1.54) is 6.07 Å². The Balaban J connectivity index is 1.64. The summed E-state index contributed by atoms with van der Waals surface area (Å²) in [4.78, 5) is 16.9. The van der Waals surface area contributed by atoms with Gasteiger partial charge in [0.2, 0.25) is 0 Å². The Labute approximate surface area is 149 Å². The van der Waals surface area contributed by atoms with E-state index in [4.69, 9.17) is 0 Å². The lowest BCUT2D eigenvalue weighted by Crippen LogP contribution is -2.50. The van der Waals surface area contributed by atoms with Gasteiger partial charge in [0.05, 0.1) is 5.69 Å². The van der Waals surface area contributed by atoms with E-state index in [2.05, 4.69) is 34.3 Å². The van der Waals surface area contributed by atoms with E-state index in [1.807, 2.05) is 0 Å². The maximum absolute atomic E-state index is 14.6. The van der Waals surface area contributed by atoms with Gasteiger partial charge >= 0.3 is 0 Å². The number of amides is 1. The monoisotopic (exact) mass is 348 g/mol. The van der Waals surface area contributed by atoms with Crippen LogP contribution in [0.3, 0.4) is 0 Å². The van der Waals surface area contributed by atoms with Crippen LogP contribution in [0.15, 0.2) is 18.2 Å². The van der Waals surface area contributed by atoms with Gasteiger partial charge in [-0.25, -0.2) is 4.39 Å². The third kappa shape index (κ3) is 4.30. The molecular weight excluding hydrogens is 319 g/mol. The van der Waals surface area contributed by atoms with Crippen LogP contribution in [0, 0.1) is 11.7 Å². The molecule has 138 valence electrons. The van der Waals surface area contributed by atoms with Crippen molar-refractivity contribution >= 4 is 11.6 Å². The largest absolute Gasteiger partial charge is 0.367 e. The number of piperazine rings is 1. The van der Waals surface area contributed by atoms with E-state index >= 15 is 0 Å². The lowest BCUT2D eigenvalue weighted by Gasteiger charge is -2.35. The molecule has 1 amide bonds. The minimum absolute atomic E-state index is 0.103. The Hall–Kier alpha value is -1.66. The van der Waals surface area contributed by atoms with E-state index in [9.17, 15) is 9.18 Å². The lowest BCUT2D eigenvalue weighted by molar-refractivity contribution is 0.0915. The van der Waals surface area contributed by atoms with Gasteiger partial charge in [-0.3, -0.25) is 4.79 Å². The van der Waals surface area contributed by atoms with Crippen LogP contribution in [0.1, 0.15) is 30.6 Å². The van der Waals surface area contributed by atoms with E-state index in [-0.39, 0.29) is 17.8 Å². The molecule has 2 heterocycles. The second-order valence-corrected chi connectivity index (χ2v) is 7.14. The van der Waals surface area contributed by atoms with Gasteiger partial charge in [0.15, 0.2) is 0 Å². The summed E-state index contributed by atoms with van der Waals surface area (Å²) in [6, 6.07) is 4.96. The topological polar surface area (TPSA) is 47.6 Å². The van der Waals surface area contributed by atoms with Crippen molar-refractivity contribution in [2.75, 3.05) is 50.7 Å². The second kappa shape index (κ2) is 8.15. The van der Waals surface area contributed by atoms with E-state index < -0.39 is 0 Å². The van der Waals surface area contributed by atoms with Crippen molar-refractivity contribution in [2.24, 2.45) is 5.92 Å². The van der Waals surface area contributed by atoms with Crippen LogP contribution in [-0.2, 0) is 0 Å². The van der Waals surface area contributed by atoms with Crippen molar-refractivity contribution in [2.45, 2.75) is 26.3 Å². The fourth-order valence-electron chi connectivity index (χ4n) is 3.64. The zero-order chi connectivity index (χ0) is 17.8. The molecule has 25 heavy (non-hydrogen) atoms. The minimum atomic E-state index is -0.313. The van der Waals surface area contributed by atoms with Crippen molar-refractivity contribution in [1.82, 2.24) is 15.5 Å². The summed E-state index contributed by atoms with van der Waals surface area (Å²) in [6.45, 7) is 10.6. The van der Waals surface area contributed by atoms with Crippen molar-refractivity contribution in [3.05, 3.63) is 29.6 Å². The Kier molecular flexibility index (Phi) is 5.91. The molecular formula is C19H29FN4O. The number of halogens is 1. The number of nitrogens with one attached hydrogen (secondary N) is 2. The molecule has 2 N–H and O–H groups in total. The zero-order valence-electron chi connectivity index (χ0n) is 15.2. The van der Waals surface area contributed by atoms with Crippen LogP contribution in [0.5, 0.6) is 0 Å². The van der Waals surface area contributed by atoms with Crippen LogP contribution in [0.25, 0.3) is 0 Å². The first-order valence-corrected chi connectivity index (χ1v) is 9.37. The molecule has 2 atom stereocenters. The van der Waals surface area contributed by atoms with Crippen LogP contribution in [-0.4, -0.2) is 62.7 Å². The summed E-state index contributed by atoms with van der Waals surface area (Å²) in [6.07, 6.45) is 1.04. The first-order chi connectivity index (χ1) is 12.1. The number of hydrogen-bond acceptors (Lipinski definition) is 4. The Morgan fingerprint density at radius 3 is 2.72 bits per heavy atom. The molecule has 2 fully saturated rings. The van der Waals surface area contributed by atoms with Crippen LogP contribution >= 0.6 is 0 Å². The Morgan fingerprint density at radius 2 is 2.08 bits per heavy atom. The van der Waals surface area contributed by atoms with Gasteiger partial charge in [-0.1, -0.05) is 13.8 Å². The second-order valence-electron chi connectivity index (χ2n) is 7.14. The Morgan fingerprint density at radius 1 is 1.32 bits per heavy atom. The number of rotatable bonds is 4. The van der Waals surface area contributed by atoms with Gasteiger partial charge in [0.1, 0.15) is 5.82 Å². The zero-order valence-corrected chi connectivity index (χ0v) is 15.2. The number of likely N-dealkylation sites (N-methyl/N-ethyl adjacent to an activating group) is 1. The third-order valence-corrected chi connectivity index (χ3v) is 5.51. The maximum atomic E-state index is 14.6. The number of benzene rings is 1. The summed E-state index contributed by atoms with van der Waals surface area (Å²) in [5, 5.41) is 6.33. The van der Waals surface area contributed by atoms with E-state index in [0.29, 0.717) is 17.2 Å². The average Bonchev–Trinajstić information content (AvgIpc) is 2.63. The molecule has 0 radical (unpaired) electrons. The quantitative estimate of drug-likeness (QED) is 0.869. The van der Waals surface area contributed by atoms with Gasteiger partial charge in [-0.15, -0.1) is 0 Å². The van der Waals surface area contributed by atoms with Gasteiger partial charge in [0, 0.05) is 44.3 Å². The van der Waals surface area contributed by atoms with Crippen LogP contribution in [0.2, 0.25) is 0 Å². The molecule has 5 nitrogen and oxygen atoms in total. The predicted octanol–water partition coefficient (Wildman–Crippen LogP) is 1.70.